The first-order valence-corrected chi connectivity index (χ1v) is 14.4. The first-order valence-electron chi connectivity index (χ1n) is 13.6. The number of nitrogens with zero attached hydrogens (tertiary/aromatic N) is 1. The Balaban J connectivity index is 1.25. The second-order valence-corrected chi connectivity index (χ2v) is 11.8. The molecule has 2 atom stereocenters. The van der Waals surface area contributed by atoms with Gasteiger partial charge in [-0.3, -0.25) is 4.79 Å². The first kappa shape index (κ1) is 28.1. The smallest absolute Gasteiger partial charge is 0.449 e. The molecule has 8 heteroatoms. The van der Waals surface area contributed by atoms with Gasteiger partial charge in [0.2, 0.25) is 5.76 Å². The molecule has 1 fully saturated rings. The molecule has 42 heavy (non-hydrogen) atoms. The number of aliphatic carboxylic acids is 1. The van der Waals surface area contributed by atoms with E-state index in [0.29, 0.717) is 13.0 Å². The summed E-state index contributed by atoms with van der Waals surface area (Å²) >= 11 is 1.51. The standard InChI is InChI=1S/C34H28F3NO3S/c1-21-9-12-24-5-2-3-8-28(24)32(21)42-38(20-27-15-16-31(41-27)34(35,36)37)19-22-10-13-23(14-11-22)25-6-4-7-26(17-25)29-18-30(29)33(39)40/h2-17,29-30H,18-20H2,1H3,(H,39,40). The lowest BCUT2D eigenvalue weighted by Crippen LogP contribution is -2.15. The molecule has 4 aromatic carbocycles. The minimum Gasteiger partial charge on any atom is -0.481 e. The molecule has 1 aromatic heterocycles. The second kappa shape index (κ2) is 11.3. The second-order valence-electron chi connectivity index (χ2n) is 10.7. The predicted molar refractivity (Wildman–Crippen MR) is 158 cm³/mol. The zero-order valence-electron chi connectivity index (χ0n) is 22.8. The molecule has 6 rings (SSSR count). The molecule has 1 aliphatic carbocycles. The molecule has 1 aliphatic rings. The van der Waals surface area contributed by atoms with E-state index in [1.54, 1.807) is 0 Å². The van der Waals surface area contributed by atoms with Crippen LogP contribution in [-0.2, 0) is 24.1 Å². The number of hydrogen-bond donors (Lipinski definition) is 1. The molecule has 2 unspecified atom stereocenters. The van der Waals surface area contributed by atoms with E-state index in [9.17, 15) is 23.1 Å². The number of carboxylic acid groups (broad SMARTS) is 1. The summed E-state index contributed by atoms with van der Waals surface area (Å²) in [6, 6.07) is 30.7. The SMILES string of the molecule is Cc1ccc2ccccc2c1SN(Cc1ccc(-c2cccc(C3CC3C(=O)O)c2)cc1)Cc1ccc(C(F)(F)F)o1. The van der Waals surface area contributed by atoms with Crippen molar-refractivity contribution in [2.45, 2.75) is 43.4 Å². The number of hydrogen-bond acceptors (Lipinski definition) is 4. The zero-order valence-corrected chi connectivity index (χ0v) is 23.6. The summed E-state index contributed by atoms with van der Waals surface area (Å²) in [4.78, 5) is 12.4. The van der Waals surface area contributed by atoms with Gasteiger partial charge in [-0.15, -0.1) is 0 Å². The third kappa shape index (κ3) is 6.10. The summed E-state index contributed by atoms with van der Waals surface area (Å²) < 4.78 is 46.9. The number of rotatable bonds is 9. The zero-order chi connectivity index (χ0) is 29.4. The third-order valence-electron chi connectivity index (χ3n) is 7.64. The summed E-state index contributed by atoms with van der Waals surface area (Å²) in [5.74, 6) is -1.76. The van der Waals surface area contributed by atoms with Crippen LogP contribution in [0.15, 0.2) is 106 Å². The molecule has 5 aromatic rings. The largest absolute Gasteiger partial charge is 0.481 e. The fourth-order valence-electron chi connectivity index (χ4n) is 5.30. The highest BCUT2D eigenvalue weighted by molar-refractivity contribution is 7.97. The maximum Gasteiger partial charge on any atom is 0.449 e. The summed E-state index contributed by atoms with van der Waals surface area (Å²) in [6.45, 7) is 2.68. The Morgan fingerprint density at radius 2 is 1.71 bits per heavy atom. The molecule has 0 bridgehead atoms. The summed E-state index contributed by atoms with van der Waals surface area (Å²) in [7, 11) is 0. The Bertz CT molecular complexity index is 1750. The fraction of sp³-hybridized carbons (Fsp3) is 0.206. The number of carboxylic acids is 1. The molecular formula is C34H28F3NO3S. The molecule has 1 N–H and O–H groups in total. The van der Waals surface area contributed by atoms with Crippen molar-refractivity contribution in [2.24, 2.45) is 5.92 Å². The minimum absolute atomic E-state index is 0.0595. The van der Waals surface area contributed by atoms with Gasteiger partial charge in [0.15, 0.2) is 0 Å². The van der Waals surface area contributed by atoms with E-state index >= 15 is 0 Å². The Hall–Kier alpha value is -4.01. The Morgan fingerprint density at radius 3 is 2.43 bits per heavy atom. The van der Waals surface area contributed by atoms with Crippen molar-refractivity contribution in [3.8, 4) is 11.1 Å². The molecule has 0 saturated heterocycles. The molecule has 214 valence electrons. The maximum atomic E-state index is 13.2. The number of benzene rings is 4. The van der Waals surface area contributed by atoms with Gasteiger partial charge in [0.25, 0.3) is 0 Å². The normalized spacial score (nSPS) is 16.7. The Labute approximate surface area is 245 Å². The lowest BCUT2D eigenvalue weighted by Gasteiger charge is -2.22. The van der Waals surface area contributed by atoms with Crippen molar-refractivity contribution >= 4 is 28.7 Å². The van der Waals surface area contributed by atoms with Crippen LogP contribution in [0.25, 0.3) is 21.9 Å². The maximum absolute atomic E-state index is 13.2. The Morgan fingerprint density at radius 1 is 0.929 bits per heavy atom. The van der Waals surface area contributed by atoms with Gasteiger partial charge >= 0.3 is 12.1 Å². The van der Waals surface area contributed by atoms with E-state index in [-0.39, 0.29) is 24.1 Å². The summed E-state index contributed by atoms with van der Waals surface area (Å²) in [5.41, 5.74) is 5.14. The lowest BCUT2D eigenvalue weighted by atomic mass is 9.99. The van der Waals surface area contributed by atoms with Crippen LogP contribution < -0.4 is 0 Å². The van der Waals surface area contributed by atoms with Crippen LogP contribution in [0.2, 0.25) is 0 Å². The number of carbonyl (C=O) groups is 1. The Kier molecular flexibility index (Phi) is 7.60. The van der Waals surface area contributed by atoms with E-state index in [2.05, 4.69) is 24.3 Å². The van der Waals surface area contributed by atoms with E-state index in [1.807, 2.05) is 71.9 Å². The number of alkyl halides is 3. The van der Waals surface area contributed by atoms with Gasteiger partial charge in [0.1, 0.15) is 5.76 Å². The average Bonchev–Trinajstić information content (AvgIpc) is 3.65. The van der Waals surface area contributed by atoms with Crippen molar-refractivity contribution in [3.63, 3.8) is 0 Å². The van der Waals surface area contributed by atoms with Crippen molar-refractivity contribution in [2.75, 3.05) is 0 Å². The highest BCUT2D eigenvalue weighted by atomic mass is 32.2. The highest BCUT2D eigenvalue weighted by Crippen LogP contribution is 2.48. The molecule has 1 saturated carbocycles. The van der Waals surface area contributed by atoms with Crippen LogP contribution in [0.5, 0.6) is 0 Å². The lowest BCUT2D eigenvalue weighted by molar-refractivity contribution is -0.153. The number of fused-ring (bicyclic) bond motifs is 1. The summed E-state index contributed by atoms with van der Waals surface area (Å²) in [5, 5.41) is 11.5. The number of aryl methyl sites for hydroxylation is 1. The van der Waals surface area contributed by atoms with Gasteiger partial charge in [-0.2, -0.15) is 13.2 Å². The fourth-order valence-corrected chi connectivity index (χ4v) is 6.46. The van der Waals surface area contributed by atoms with Crippen LogP contribution in [0, 0.1) is 12.8 Å². The van der Waals surface area contributed by atoms with Crippen LogP contribution in [0.3, 0.4) is 0 Å². The van der Waals surface area contributed by atoms with Crippen molar-refractivity contribution < 1.29 is 27.5 Å². The van der Waals surface area contributed by atoms with Crippen molar-refractivity contribution in [1.82, 2.24) is 4.31 Å². The van der Waals surface area contributed by atoms with Gasteiger partial charge in [-0.1, -0.05) is 84.9 Å². The first-order chi connectivity index (χ1) is 20.2. The third-order valence-corrected chi connectivity index (χ3v) is 8.88. The molecule has 0 radical (unpaired) electrons. The van der Waals surface area contributed by atoms with E-state index < -0.39 is 17.9 Å². The van der Waals surface area contributed by atoms with E-state index in [0.717, 1.165) is 49.6 Å². The average molecular weight is 588 g/mol. The van der Waals surface area contributed by atoms with Gasteiger partial charge in [-0.25, -0.2) is 4.31 Å². The molecule has 0 spiro atoms. The van der Waals surface area contributed by atoms with Crippen LogP contribution in [-0.4, -0.2) is 15.4 Å². The van der Waals surface area contributed by atoms with Crippen LogP contribution in [0.1, 0.15) is 40.5 Å². The monoisotopic (exact) mass is 587 g/mol. The molecule has 1 heterocycles. The van der Waals surface area contributed by atoms with Crippen LogP contribution in [0.4, 0.5) is 13.2 Å². The van der Waals surface area contributed by atoms with Crippen molar-refractivity contribution in [1.29, 1.82) is 0 Å². The van der Waals surface area contributed by atoms with Gasteiger partial charge in [0, 0.05) is 11.4 Å². The summed E-state index contributed by atoms with van der Waals surface area (Å²) in [6.07, 6.45) is -3.87. The van der Waals surface area contributed by atoms with Gasteiger partial charge < -0.3 is 9.52 Å². The molecule has 0 amide bonds. The molecular weight excluding hydrogens is 559 g/mol. The quantitative estimate of drug-likeness (QED) is 0.174. The van der Waals surface area contributed by atoms with Crippen molar-refractivity contribution in [3.05, 3.63) is 125 Å². The van der Waals surface area contributed by atoms with Gasteiger partial charge in [-0.05, 0) is 81.9 Å². The molecule has 4 nitrogen and oxygen atoms in total. The molecule has 0 aliphatic heterocycles. The topological polar surface area (TPSA) is 53.7 Å². The van der Waals surface area contributed by atoms with E-state index in [4.69, 9.17) is 4.42 Å². The van der Waals surface area contributed by atoms with Crippen LogP contribution >= 0.6 is 11.9 Å². The predicted octanol–water partition coefficient (Wildman–Crippen LogP) is 9.32. The highest BCUT2D eigenvalue weighted by Gasteiger charge is 2.44. The number of furan rings is 1. The van der Waals surface area contributed by atoms with E-state index in [1.165, 1.54) is 18.0 Å². The minimum atomic E-state index is -4.54. The van der Waals surface area contributed by atoms with Gasteiger partial charge in [0.05, 0.1) is 12.5 Å². The number of halogens is 3.